The van der Waals surface area contributed by atoms with Crippen molar-refractivity contribution in [3.8, 4) is 28.3 Å². The molecule has 1 aliphatic heterocycles. The Hall–Kier alpha value is -4.12. The lowest BCUT2D eigenvalue weighted by Gasteiger charge is -2.36. The van der Waals surface area contributed by atoms with E-state index in [4.69, 9.17) is 9.84 Å². The minimum atomic E-state index is -1.63. The smallest absolute Gasteiger partial charge is 0.475 e. The minimum absolute atomic E-state index is 0.0511. The molecule has 1 aliphatic rings. The summed E-state index contributed by atoms with van der Waals surface area (Å²) < 4.78 is 7.81. The Bertz CT molecular complexity index is 1520. The molecular weight excluding hydrogens is 589 g/mol. The third-order valence-electron chi connectivity index (χ3n) is 8.59. The van der Waals surface area contributed by atoms with E-state index in [1.807, 2.05) is 74.5 Å². The zero-order valence-corrected chi connectivity index (χ0v) is 27.7. The summed E-state index contributed by atoms with van der Waals surface area (Å²) in [6, 6.07) is 30.4. The number of amides is 1. The molecule has 3 N–H and O–H groups in total. The van der Waals surface area contributed by atoms with Crippen LogP contribution in [0.3, 0.4) is 0 Å². The molecule has 2 heterocycles. The Labute approximate surface area is 279 Å². The molecule has 1 aromatic heterocycles. The summed E-state index contributed by atoms with van der Waals surface area (Å²) in [5, 5.41) is 27.2. The van der Waals surface area contributed by atoms with Gasteiger partial charge in [0.15, 0.2) is 0 Å². The highest BCUT2D eigenvalue weighted by Gasteiger charge is 2.26. The van der Waals surface area contributed by atoms with Crippen molar-refractivity contribution in [1.29, 1.82) is 0 Å². The van der Waals surface area contributed by atoms with Gasteiger partial charge in [0.2, 0.25) is 5.91 Å². The van der Waals surface area contributed by atoms with Gasteiger partial charge < -0.3 is 25.0 Å². The average molecular weight is 638 g/mol. The van der Waals surface area contributed by atoms with E-state index in [1.54, 1.807) is 4.68 Å². The monoisotopic (exact) mass is 637 g/mol. The van der Waals surface area contributed by atoms with Crippen molar-refractivity contribution < 1.29 is 19.6 Å². The number of hydrogen-bond acceptors (Lipinski definition) is 7. The van der Waals surface area contributed by atoms with E-state index in [0.29, 0.717) is 13.0 Å². The highest BCUT2D eigenvalue weighted by atomic mass is 16.5. The molecule has 1 unspecified atom stereocenters. The van der Waals surface area contributed by atoms with Gasteiger partial charge in [-0.15, -0.1) is 0 Å². The van der Waals surface area contributed by atoms with Crippen LogP contribution in [0.1, 0.15) is 39.5 Å². The molecule has 9 nitrogen and oxygen atoms in total. The summed E-state index contributed by atoms with van der Waals surface area (Å²) in [4.78, 5) is 18.1. The third-order valence-corrected chi connectivity index (χ3v) is 8.59. The second kappa shape index (κ2) is 17.2. The fourth-order valence-corrected chi connectivity index (χ4v) is 6.09. The number of ether oxygens (including phenoxy) is 1. The number of nitrogens with one attached hydrogen (secondary N) is 1. The van der Waals surface area contributed by atoms with Crippen LogP contribution in [0.5, 0.6) is 5.75 Å². The van der Waals surface area contributed by atoms with Crippen LogP contribution in [0.2, 0.25) is 0 Å². The maximum atomic E-state index is 13.0. The summed E-state index contributed by atoms with van der Waals surface area (Å²) in [7, 11) is -1.63. The summed E-state index contributed by atoms with van der Waals surface area (Å²) in [5.74, 6) is -0.0921. The molecule has 3 aromatic carbocycles. The van der Waals surface area contributed by atoms with Crippen molar-refractivity contribution in [2.75, 3.05) is 44.2 Å². The van der Waals surface area contributed by atoms with Gasteiger partial charge in [0.05, 0.1) is 23.9 Å². The molecule has 1 fully saturated rings. The number of para-hydroxylation sites is 1. The molecule has 0 radical (unpaired) electrons. The zero-order chi connectivity index (χ0) is 33.0. The Morgan fingerprint density at radius 1 is 0.872 bits per heavy atom. The van der Waals surface area contributed by atoms with Gasteiger partial charge in [-0.3, -0.25) is 14.4 Å². The largest absolute Gasteiger partial charge is 0.494 e. The highest BCUT2D eigenvalue weighted by molar-refractivity contribution is 6.43. The lowest BCUT2D eigenvalue weighted by atomic mass is 9.75. The summed E-state index contributed by atoms with van der Waals surface area (Å²) in [6.07, 6.45) is 3.74. The second-order valence-corrected chi connectivity index (χ2v) is 12.8. The van der Waals surface area contributed by atoms with E-state index < -0.39 is 13.1 Å². The van der Waals surface area contributed by atoms with Gasteiger partial charge in [-0.2, -0.15) is 5.10 Å². The maximum Gasteiger partial charge on any atom is 0.475 e. The number of carbonyl (C=O) groups excluding carboxylic acids is 1. The first-order valence-electron chi connectivity index (χ1n) is 16.9. The van der Waals surface area contributed by atoms with Crippen LogP contribution < -0.4 is 15.0 Å². The van der Waals surface area contributed by atoms with Gasteiger partial charge >= 0.3 is 7.12 Å². The van der Waals surface area contributed by atoms with Crippen LogP contribution in [0.25, 0.3) is 22.5 Å². The standard InChI is InChI=1S/C37H48BN5O4/c1-29(2)25-36(38(45)46)39-37(44)28-43-35(30-13-6-3-7-14-30)27-34(40-43)31-15-12-18-33(26-31)47-24-11-5-10-19-41-20-22-42(23-21-41)32-16-8-4-9-17-32/h3-4,6-9,12-18,26-27,29,36,45-46H,5,10-11,19-25,28H2,1-2H3,(H,39,44). The van der Waals surface area contributed by atoms with E-state index in [0.717, 1.165) is 80.3 Å². The van der Waals surface area contributed by atoms with E-state index in [9.17, 15) is 14.8 Å². The van der Waals surface area contributed by atoms with Gasteiger partial charge in [0, 0.05) is 37.4 Å². The number of piperazine rings is 1. The van der Waals surface area contributed by atoms with E-state index in [2.05, 4.69) is 45.4 Å². The fraction of sp³-hybridized carbons (Fsp3) is 0.405. The van der Waals surface area contributed by atoms with Crippen LogP contribution in [0.4, 0.5) is 5.69 Å². The minimum Gasteiger partial charge on any atom is -0.494 e. The summed E-state index contributed by atoms with van der Waals surface area (Å²) >= 11 is 0. The van der Waals surface area contributed by atoms with Crippen molar-refractivity contribution in [3.63, 3.8) is 0 Å². The predicted molar refractivity (Wildman–Crippen MR) is 189 cm³/mol. The molecule has 0 saturated carbocycles. The topological polar surface area (TPSA) is 103 Å². The van der Waals surface area contributed by atoms with Gasteiger partial charge in [0.1, 0.15) is 12.3 Å². The van der Waals surface area contributed by atoms with Gasteiger partial charge in [-0.25, -0.2) is 0 Å². The first-order chi connectivity index (χ1) is 22.9. The number of benzene rings is 3. The Morgan fingerprint density at radius 2 is 1.57 bits per heavy atom. The van der Waals surface area contributed by atoms with Crippen LogP contribution in [0, 0.1) is 5.92 Å². The van der Waals surface area contributed by atoms with Gasteiger partial charge in [-0.1, -0.05) is 74.5 Å². The molecular formula is C37H48BN5O4. The normalized spacial score (nSPS) is 14.3. The van der Waals surface area contributed by atoms with Crippen molar-refractivity contribution in [3.05, 3.63) is 91.0 Å². The molecule has 1 amide bonds. The van der Waals surface area contributed by atoms with Crippen molar-refractivity contribution in [1.82, 2.24) is 20.0 Å². The molecule has 0 bridgehead atoms. The number of carbonyl (C=O) groups is 1. The predicted octanol–water partition coefficient (Wildman–Crippen LogP) is 5.13. The molecule has 47 heavy (non-hydrogen) atoms. The second-order valence-electron chi connectivity index (χ2n) is 12.8. The van der Waals surface area contributed by atoms with Gasteiger partial charge in [-0.05, 0) is 74.0 Å². The van der Waals surface area contributed by atoms with Gasteiger partial charge in [0.25, 0.3) is 0 Å². The molecule has 10 heteroatoms. The van der Waals surface area contributed by atoms with Crippen molar-refractivity contribution in [2.45, 2.75) is 52.0 Å². The number of nitrogens with zero attached hydrogens (tertiary/aromatic N) is 4. The first kappa shape index (κ1) is 34.2. The molecule has 1 saturated heterocycles. The Balaban J connectivity index is 1.13. The third kappa shape index (κ3) is 10.2. The molecule has 248 valence electrons. The molecule has 0 aliphatic carbocycles. The number of unbranched alkanes of at least 4 members (excludes halogenated alkanes) is 2. The van der Waals surface area contributed by atoms with E-state index in [1.165, 1.54) is 5.69 Å². The quantitative estimate of drug-likeness (QED) is 0.116. The Morgan fingerprint density at radius 3 is 2.28 bits per heavy atom. The van der Waals surface area contributed by atoms with Crippen LogP contribution >= 0.6 is 0 Å². The lowest BCUT2D eigenvalue weighted by Crippen LogP contribution is -2.48. The number of hydrogen-bond donors (Lipinski definition) is 3. The SMILES string of the molecule is CC(C)CC(NC(=O)Cn1nc(-c2cccc(OCCCCCN3CCN(c4ccccc4)CC3)c2)cc1-c1ccccc1)B(O)O. The summed E-state index contributed by atoms with van der Waals surface area (Å²) in [6.45, 7) is 10.0. The molecule has 5 rings (SSSR count). The van der Waals surface area contributed by atoms with Crippen LogP contribution in [-0.4, -0.2) is 83.0 Å². The van der Waals surface area contributed by atoms with Crippen LogP contribution in [-0.2, 0) is 11.3 Å². The first-order valence-corrected chi connectivity index (χ1v) is 16.9. The van der Waals surface area contributed by atoms with Crippen molar-refractivity contribution >= 4 is 18.7 Å². The van der Waals surface area contributed by atoms with Crippen molar-refractivity contribution in [2.24, 2.45) is 5.92 Å². The Kier molecular flexibility index (Phi) is 12.5. The fourth-order valence-electron chi connectivity index (χ4n) is 6.09. The highest BCUT2D eigenvalue weighted by Crippen LogP contribution is 2.28. The summed E-state index contributed by atoms with van der Waals surface area (Å²) in [5.41, 5.74) is 4.68. The zero-order valence-electron chi connectivity index (χ0n) is 27.7. The average Bonchev–Trinajstić information content (AvgIpc) is 3.50. The van der Waals surface area contributed by atoms with E-state index >= 15 is 0 Å². The van der Waals surface area contributed by atoms with Crippen LogP contribution in [0.15, 0.2) is 91.0 Å². The molecule has 4 aromatic rings. The van der Waals surface area contributed by atoms with E-state index in [-0.39, 0.29) is 18.4 Å². The number of aromatic nitrogens is 2. The number of anilines is 1. The number of rotatable bonds is 16. The lowest BCUT2D eigenvalue weighted by molar-refractivity contribution is -0.122. The molecule has 1 atom stereocenters. The molecule has 0 spiro atoms. The maximum absolute atomic E-state index is 13.0.